The summed E-state index contributed by atoms with van der Waals surface area (Å²) in [6.07, 6.45) is 2.84. The number of anilines is 3. The minimum atomic E-state index is 0.292. The first-order valence-corrected chi connectivity index (χ1v) is 12.8. The summed E-state index contributed by atoms with van der Waals surface area (Å²) in [5.41, 5.74) is 8.74. The van der Waals surface area contributed by atoms with E-state index in [-0.39, 0.29) is 0 Å². The molecule has 0 saturated carbocycles. The number of hydrogen-bond donors (Lipinski definition) is 4. The van der Waals surface area contributed by atoms with Crippen LogP contribution < -0.4 is 35.9 Å². The summed E-state index contributed by atoms with van der Waals surface area (Å²) in [5, 5.41) is 11.2. The molecule has 10 heteroatoms. The molecule has 0 bridgehead atoms. The lowest BCUT2D eigenvalue weighted by Crippen LogP contribution is -2.39. The van der Waals surface area contributed by atoms with E-state index in [9.17, 15) is 0 Å². The van der Waals surface area contributed by atoms with E-state index in [1.165, 1.54) is 5.56 Å². The molecule has 2 heterocycles. The zero-order chi connectivity index (χ0) is 26.2. The van der Waals surface area contributed by atoms with Crippen LogP contribution >= 0.6 is 0 Å². The summed E-state index contributed by atoms with van der Waals surface area (Å²) in [4.78, 5) is 12.0. The molecule has 2 aromatic carbocycles. The van der Waals surface area contributed by atoms with Crippen LogP contribution in [0.2, 0.25) is 0 Å². The first kappa shape index (κ1) is 26.6. The Hall–Kier alpha value is -3.50. The highest BCUT2D eigenvalue weighted by Gasteiger charge is 2.23. The summed E-state index contributed by atoms with van der Waals surface area (Å²) < 4.78 is 16.7. The van der Waals surface area contributed by atoms with E-state index in [2.05, 4.69) is 26.9 Å². The van der Waals surface area contributed by atoms with Crippen molar-refractivity contribution in [2.75, 3.05) is 70.5 Å². The molecule has 0 radical (unpaired) electrons. The Morgan fingerprint density at radius 1 is 1.00 bits per heavy atom. The fourth-order valence-electron chi connectivity index (χ4n) is 4.75. The van der Waals surface area contributed by atoms with Crippen LogP contribution in [-0.2, 0) is 6.54 Å². The van der Waals surface area contributed by atoms with Gasteiger partial charge in [0.2, 0.25) is 5.95 Å². The van der Waals surface area contributed by atoms with Crippen LogP contribution in [0.15, 0.2) is 30.3 Å². The number of ether oxygens (including phenoxy) is 3. The van der Waals surface area contributed by atoms with Gasteiger partial charge in [0.1, 0.15) is 11.6 Å². The molecular weight excluding hydrogens is 470 g/mol. The van der Waals surface area contributed by atoms with Crippen LogP contribution in [0.4, 0.5) is 17.5 Å². The van der Waals surface area contributed by atoms with Gasteiger partial charge >= 0.3 is 0 Å². The van der Waals surface area contributed by atoms with Gasteiger partial charge < -0.3 is 35.9 Å². The molecule has 5 N–H and O–H groups in total. The van der Waals surface area contributed by atoms with Gasteiger partial charge in [-0.2, -0.15) is 4.98 Å². The number of nitrogens with one attached hydrogen (secondary N) is 3. The number of likely N-dealkylation sites (tertiary alicyclic amines) is 1. The van der Waals surface area contributed by atoms with Crippen LogP contribution in [0.5, 0.6) is 17.2 Å². The summed E-state index contributed by atoms with van der Waals surface area (Å²) in [7, 11) is 6.94. The SMILES string of the molecule is CNc1cccc(OC)c1CN1CCC(Nc2nc(NCCCN)nc3cc(OC)c(OC)cc23)CC1. The molecule has 1 fully saturated rings. The number of hydrogen-bond acceptors (Lipinski definition) is 10. The van der Waals surface area contributed by atoms with Crippen LogP contribution in [0.3, 0.4) is 0 Å². The minimum absolute atomic E-state index is 0.292. The third kappa shape index (κ3) is 6.26. The third-order valence-electron chi connectivity index (χ3n) is 6.80. The van der Waals surface area contributed by atoms with Gasteiger partial charge in [0.25, 0.3) is 0 Å². The van der Waals surface area contributed by atoms with E-state index in [0.717, 1.165) is 67.1 Å². The van der Waals surface area contributed by atoms with Crippen molar-refractivity contribution in [3.05, 3.63) is 35.9 Å². The van der Waals surface area contributed by atoms with E-state index in [4.69, 9.17) is 29.9 Å². The molecule has 0 aliphatic carbocycles. The number of rotatable bonds is 12. The molecule has 1 aliphatic rings. The Balaban J connectivity index is 1.51. The van der Waals surface area contributed by atoms with Crippen LogP contribution in [0.1, 0.15) is 24.8 Å². The molecule has 1 saturated heterocycles. The number of nitrogens with two attached hydrogens (primary N) is 1. The van der Waals surface area contributed by atoms with Crippen LogP contribution in [0, 0.1) is 0 Å². The Kier molecular flexibility index (Phi) is 9.08. The fourth-order valence-corrected chi connectivity index (χ4v) is 4.75. The van der Waals surface area contributed by atoms with Gasteiger partial charge in [-0.1, -0.05) is 6.07 Å². The molecular formula is C27H39N7O3. The summed E-state index contributed by atoms with van der Waals surface area (Å²) in [6.45, 7) is 4.11. The van der Waals surface area contributed by atoms with E-state index in [0.29, 0.717) is 36.6 Å². The van der Waals surface area contributed by atoms with Crippen LogP contribution in [0.25, 0.3) is 10.9 Å². The number of aromatic nitrogens is 2. The van der Waals surface area contributed by atoms with Crippen molar-refractivity contribution in [1.29, 1.82) is 0 Å². The Morgan fingerprint density at radius 2 is 1.73 bits per heavy atom. The second-order valence-electron chi connectivity index (χ2n) is 9.12. The predicted molar refractivity (Wildman–Crippen MR) is 149 cm³/mol. The number of nitrogens with zero attached hydrogens (tertiary/aromatic N) is 3. The zero-order valence-electron chi connectivity index (χ0n) is 22.3. The number of piperidine rings is 1. The molecule has 0 unspecified atom stereocenters. The maximum absolute atomic E-state index is 5.66. The molecule has 37 heavy (non-hydrogen) atoms. The standard InChI is InChI=1S/C27H39N7O3/c1-29-21-7-5-8-23(35-2)20(21)17-34-13-9-18(10-14-34)31-26-19-15-24(36-3)25(37-4)16-22(19)32-27(33-26)30-12-6-11-28/h5,7-8,15-16,18,29H,6,9-14,17,28H2,1-4H3,(H2,30,31,32,33). The van der Waals surface area contributed by atoms with E-state index in [1.807, 2.05) is 31.3 Å². The highest BCUT2D eigenvalue weighted by atomic mass is 16.5. The van der Waals surface area contributed by atoms with Crippen molar-refractivity contribution in [1.82, 2.24) is 14.9 Å². The second-order valence-corrected chi connectivity index (χ2v) is 9.12. The van der Waals surface area contributed by atoms with Gasteiger partial charge in [0.05, 0.1) is 26.8 Å². The smallest absolute Gasteiger partial charge is 0.225 e. The minimum Gasteiger partial charge on any atom is -0.496 e. The van der Waals surface area contributed by atoms with E-state index >= 15 is 0 Å². The maximum Gasteiger partial charge on any atom is 0.225 e. The summed E-state index contributed by atoms with van der Waals surface area (Å²) in [5.74, 6) is 3.57. The summed E-state index contributed by atoms with van der Waals surface area (Å²) >= 11 is 0. The molecule has 4 rings (SSSR count). The Bertz CT molecular complexity index is 1160. The first-order valence-electron chi connectivity index (χ1n) is 12.8. The molecule has 10 nitrogen and oxygen atoms in total. The fraction of sp³-hybridized carbons (Fsp3) is 0.481. The maximum atomic E-state index is 5.66. The third-order valence-corrected chi connectivity index (χ3v) is 6.80. The molecule has 0 spiro atoms. The normalized spacial score (nSPS) is 14.4. The highest BCUT2D eigenvalue weighted by molar-refractivity contribution is 5.92. The van der Waals surface area contributed by atoms with Gasteiger partial charge in [0, 0.05) is 62.0 Å². The lowest BCUT2D eigenvalue weighted by atomic mass is 10.0. The zero-order valence-corrected chi connectivity index (χ0v) is 22.3. The summed E-state index contributed by atoms with van der Waals surface area (Å²) in [6, 6.07) is 10.3. The Labute approximate surface area is 218 Å². The number of methoxy groups -OCH3 is 3. The molecule has 0 atom stereocenters. The van der Waals surface area contributed by atoms with Gasteiger partial charge in [-0.15, -0.1) is 0 Å². The quantitative estimate of drug-likeness (QED) is 0.270. The molecule has 1 aromatic heterocycles. The van der Waals surface area contributed by atoms with Crippen molar-refractivity contribution in [3.8, 4) is 17.2 Å². The number of fused-ring (bicyclic) bond motifs is 1. The highest BCUT2D eigenvalue weighted by Crippen LogP contribution is 2.35. The Morgan fingerprint density at radius 3 is 2.41 bits per heavy atom. The van der Waals surface area contributed by atoms with Crippen molar-refractivity contribution in [3.63, 3.8) is 0 Å². The molecule has 200 valence electrons. The van der Waals surface area contributed by atoms with Crippen molar-refractivity contribution in [2.24, 2.45) is 5.73 Å². The van der Waals surface area contributed by atoms with Gasteiger partial charge in [0.15, 0.2) is 11.5 Å². The molecule has 0 amide bonds. The second kappa shape index (κ2) is 12.6. The van der Waals surface area contributed by atoms with Gasteiger partial charge in [-0.3, -0.25) is 4.90 Å². The largest absolute Gasteiger partial charge is 0.496 e. The first-order chi connectivity index (χ1) is 18.1. The van der Waals surface area contributed by atoms with Gasteiger partial charge in [-0.05, 0) is 44.0 Å². The average Bonchev–Trinajstić information content (AvgIpc) is 2.93. The lowest BCUT2D eigenvalue weighted by molar-refractivity contribution is 0.209. The molecule has 3 aromatic rings. The van der Waals surface area contributed by atoms with Crippen LogP contribution in [-0.4, -0.2) is 75.5 Å². The predicted octanol–water partition coefficient (Wildman–Crippen LogP) is 3.53. The van der Waals surface area contributed by atoms with Crippen molar-refractivity contribution >= 4 is 28.4 Å². The number of benzene rings is 2. The average molecular weight is 510 g/mol. The monoisotopic (exact) mass is 509 g/mol. The van der Waals surface area contributed by atoms with E-state index in [1.54, 1.807) is 21.3 Å². The topological polar surface area (TPSA) is 119 Å². The molecule has 1 aliphatic heterocycles. The van der Waals surface area contributed by atoms with Crippen molar-refractivity contribution in [2.45, 2.75) is 31.8 Å². The lowest BCUT2D eigenvalue weighted by Gasteiger charge is -2.33. The van der Waals surface area contributed by atoms with Crippen molar-refractivity contribution < 1.29 is 14.2 Å². The van der Waals surface area contributed by atoms with E-state index < -0.39 is 0 Å². The van der Waals surface area contributed by atoms with Gasteiger partial charge in [-0.25, -0.2) is 4.98 Å².